The van der Waals surface area contributed by atoms with Crippen LogP contribution in [0.3, 0.4) is 0 Å². The average Bonchev–Trinajstić information content (AvgIpc) is 3.27. The first-order valence-corrected chi connectivity index (χ1v) is 7.45. The molecule has 2 heterocycles. The molecule has 1 atom stereocenters. The number of furan rings is 1. The van der Waals surface area contributed by atoms with Crippen molar-refractivity contribution in [3.63, 3.8) is 0 Å². The first-order chi connectivity index (χ1) is 10.8. The molecular formula is C17H17N3O2. The molecule has 0 amide bonds. The van der Waals surface area contributed by atoms with Crippen LogP contribution in [0.1, 0.15) is 29.5 Å². The summed E-state index contributed by atoms with van der Waals surface area (Å²) in [6.07, 6.45) is 3.86. The van der Waals surface area contributed by atoms with Crippen molar-refractivity contribution >= 4 is 0 Å². The summed E-state index contributed by atoms with van der Waals surface area (Å²) in [5.74, 6) is 1.64. The summed E-state index contributed by atoms with van der Waals surface area (Å²) >= 11 is 0. The molecule has 0 unspecified atom stereocenters. The minimum Gasteiger partial charge on any atom is -0.459 e. The molecule has 5 nitrogen and oxygen atoms in total. The Labute approximate surface area is 128 Å². The molecule has 1 aliphatic carbocycles. The summed E-state index contributed by atoms with van der Waals surface area (Å²) in [5, 5.41) is 8.17. The molecule has 1 aliphatic rings. The largest absolute Gasteiger partial charge is 0.459 e. The Bertz CT molecular complexity index is 764. The van der Waals surface area contributed by atoms with Crippen LogP contribution in [-0.2, 0) is 13.0 Å². The van der Waals surface area contributed by atoms with E-state index in [2.05, 4.69) is 46.4 Å². The van der Waals surface area contributed by atoms with Gasteiger partial charge in [-0.25, -0.2) is 0 Å². The average molecular weight is 295 g/mol. The number of hydrogen-bond acceptors (Lipinski definition) is 5. The van der Waals surface area contributed by atoms with Gasteiger partial charge in [0, 0.05) is 6.04 Å². The Balaban J connectivity index is 1.50. The molecule has 0 bridgehead atoms. The molecule has 1 aromatic carbocycles. The molecule has 0 fully saturated rings. The van der Waals surface area contributed by atoms with E-state index in [9.17, 15) is 0 Å². The van der Waals surface area contributed by atoms with Crippen molar-refractivity contribution in [3.8, 4) is 11.7 Å². The van der Waals surface area contributed by atoms with Crippen molar-refractivity contribution in [1.82, 2.24) is 15.1 Å². The first kappa shape index (κ1) is 13.3. The molecule has 0 saturated carbocycles. The van der Waals surface area contributed by atoms with E-state index >= 15 is 0 Å². The van der Waals surface area contributed by atoms with Gasteiger partial charge in [-0.15, -0.1) is 10.2 Å². The third kappa shape index (κ3) is 2.33. The quantitative estimate of drug-likeness (QED) is 0.738. The molecule has 3 aromatic rings. The van der Waals surface area contributed by atoms with E-state index in [-0.39, 0.29) is 0 Å². The second-order valence-corrected chi connectivity index (χ2v) is 5.65. The fourth-order valence-electron chi connectivity index (χ4n) is 3.13. The van der Waals surface area contributed by atoms with Crippen LogP contribution >= 0.6 is 0 Å². The second kappa shape index (κ2) is 5.42. The Morgan fingerprint density at radius 3 is 2.95 bits per heavy atom. The number of rotatable bonds is 4. The van der Waals surface area contributed by atoms with Gasteiger partial charge in [-0.05, 0) is 43.1 Å². The lowest BCUT2D eigenvalue weighted by molar-refractivity contribution is 0.214. The molecule has 0 spiro atoms. The summed E-state index contributed by atoms with van der Waals surface area (Å²) in [5.41, 5.74) is 2.86. The predicted molar refractivity (Wildman–Crippen MR) is 81.0 cm³/mol. The number of aryl methyl sites for hydroxylation is 1. The van der Waals surface area contributed by atoms with Gasteiger partial charge in [-0.3, -0.25) is 4.90 Å². The third-order valence-corrected chi connectivity index (χ3v) is 4.22. The van der Waals surface area contributed by atoms with E-state index < -0.39 is 0 Å². The van der Waals surface area contributed by atoms with Crippen LogP contribution in [0.5, 0.6) is 0 Å². The number of benzene rings is 1. The van der Waals surface area contributed by atoms with E-state index in [1.165, 1.54) is 11.1 Å². The summed E-state index contributed by atoms with van der Waals surface area (Å²) in [7, 11) is 2.10. The van der Waals surface area contributed by atoms with Crippen LogP contribution in [0.25, 0.3) is 11.7 Å². The van der Waals surface area contributed by atoms with Gasteiger partial charge >= 0.3 is 0 Å². The molecule has 0 radical (unpaired) electrons. The zero-order chi connectivity index (χ0) is 14.9. The molecule has 5 heteroatoms. The topological polar surface area (TPSA) is 55.3 Å². The smallest absolute Gasteiger partial charge is 0.283 e. The van der Waals surface area contributed by atoms with Gasteiger partial charge in [0.15, 0.2) is 5.76 Å². The molecule has 4 rings (SSSR count). The van der Waals surface area contributed by atoms with Crippen molar-refractivity contribution in [2.75, 3.05) is 7.05 Å². The predicted octanol–water partition coefficient (Wildman–Crippen LogP) is 3.45. The zero-order valence-electron chi connectivity index (χ0n) is 12.4. The van der Waals surface area contributed by atoms with Crippen LogP contribution in [0, 0.1) is 0 Å². The maximum absolute atomic E-state index is 5.69. The van der Waals surface area contributed by atoms with E-state index in [0.29, 0.717) is 30.1 Å². The van der Waals surface area contributed by atoms with Gasteiger partial charge in [0.25, 0.3) is 5.89 Å². The van der Waals surface area contributed by atoms with E-state index in [4.69, 9.17) is 8.83 Å². The number of fused-ring (bicyclic) bond motifs is 1. The fourth-order valence-corrected chi connectivity index (χ4v) is 3.13. The molecule has 0 N–H and O–H groups in total. The molecular weight excluding hydrogens is 278 g/mol. The SMILES string of the molecule is CN(Cc1nnc(-c2ccco2)o1)[C@@H]1CCc2ccccc21. The molecule has 2 aromatic heterocycles. The van der Waals surface area contributed by atoms with Crippen molar-refractivity contribution in [3.05, 3.63) is 59.7 Å². The molecule has 0 saturated heterocycles. The lowest BCUT2D eigenvalue weighted by atomic mass is 10.1. The molecule has 22 heavy (non-hydrogen) atoms. The fraction of sp³-hybridized carbons (Fsp3) is 0.294. The van der Waals surface area contributed by atoms with Crippen molar-refractivity contribution in [2.45, 2.75) is 25.4 Å². The van der Waals surface area contributed by atoms with Gasteiger partial charge in [0.05, 0.1) is 12.8 Å². The van der Waals surface area contributed by atoms with Gasteiger partial charge < -0.3 is 8.83 Å². The van der Waals surface area contributed by atoms with Crippen LogP contribution in [0.2, 0.25) is 0 Å². The minimum absolute atomic E-state index is 0.412. The Morgan fingerprint density at radius 2 is 2.09 bits per heavy atom. The van der Waals surface area contributed by atoms with Gasteiger partial charge in [0.1, 0.15) is 0 Å². The maximum Gasteiger partial charge on any atom is 0.283 e. The van der Waals surface area contributed by atoms with E-state index in [0.717, 1.165) is 12.8 Å². The van der Waals surface area contributed by atoms with Crippen LogP contribution in [-0.4, -0.2) is 22.1 Å². The van der Waals surface area contributed by atoms with Crippen LogP contribution < -0.4 is 0 Å². The zero-order valence-corrected chi connectivity index (χ0v) is 12.4. The summed E-state index contributed by atoms with van der Waals surface area (Å²) in [6.45, 7) is 0.632. The molecule has 112 valence electrons. The monoisotopic (exact) mass is 295 g/mol. The normalized spacial score (nSPS) is 17.1. The lowest BCUT2D eigenvalue weighted by Crippen LogP contribution is -2.22. The first-order valence-electron chi connectivity index (χ1n) is 7.45. The van der Waals surface area contributed by atoms with Gasteiger partial charge in [-0.1, -0.05) is 24.3 Å². The van der Waals surface area contributed by atoms with Gasteiger partial charge in [0.2, 0.25) is 5.89 Å². The second-order valence-electron chi connectivity index (χ2n) is 5.65. The Morgan fingerprint density at radius 1 is 1.18 bits per heavy atom. The highest BCUT2D eigenvalue weighted by Gasteiger charge is 2.26. The minimum atomic E-state index is 0.412. The van der Waals surface area contributed by atoms with Crippen molar-refractivity contribution in [1.29, 1.82) is 0 Å². The third-order valence-electron chi connectivity index (χ3n) is 4.22. The summed E-state index contributed by atoms with van der Waals surface area (Å²) in [4.78, 5) is 2.27. The van der Waals surface area contributed by atoms with Crippen molar-refractivity contribution < 1.29 is 8.83 Å². The molecule has 0 aliphatic heterocycles. The Hall–Kier alpha value is -2.40. The highest BCUT2D eigenvalue weighted by molar-refractivity contribution is 5.42. The van der Waals surface area contributed by atoms with Crippen LogP contribution in [0.4, 0.5) is 0 Å². The standard InChI is InChI=1S/C17H17N3O2/c1-20(14-9-8-12-5-2-3-6-13(12)14)11-16-18-19-17(22-16)15-7-4-10-21-15/h2-7,10,14H,8-9,11H2,1H3/t14-/m1/s1. The van der Waals surface area contributed by atoms with E-state index in [1.54, 1.807) is 12.3 Å². The number of hydrogen-bond donors (Lipinski definition) is 0. The highest BCUT2D eigenvalue weighted by atomic mass is 16.4. The number of aromatic nitrogens is 2. The van der Waals surface area contributed by atoms with E-state index in [1.807, 2.05) is 6.07 Å². The lowest BCUT2D eigenvalue weighted by Gasteiger charge is -2.23. The maximum atomic E-state index is 5.69. The highest BCUT2D eigenvalue weighted by Crippen LogP contribution is 2.35. The number of nitrogens with zero attached hydrogens (tertiary/aromatic N) is 3. The van der Waals surface area contributed by atoms with Gasteiger partial charge in [-0.2, -0.15) is 0 Å². The summed E-state index contributed by atoms with van der Waals surface area (Å²) in [6, 6.07) is 12.7. The summed E-state index contributed by atoms with van der Waals surface area (Å²) < 4.78 is 11.0. The van der Waals surface area contributed by atoms with Crippen LogP contribution in [0.15, 0.2) is 51.5 Å². The van der Waals surface area contributed by atoms with Crippen molar-refractivity contribution in [2.24, 2.45) is 0 Å². The Kier molecular flexibility index (Phi) is 3.27.